The third kappa shape index (κ3) is 4.53. The van der Waals surface area contributed by atoms with E-state index in [0.29, 0.717) is 11.2 Å². The van der Waals surface area contributed by atoms with Crippen LogP contribution in [0.15, 0.2) is 36.4 Å². The van der Waals surface area contributed by atoms with Crippen LogP contribution < -0.4 is 0 Å². The molecule has 0 radical (unpaired) electrons. The van der Waals surface area contributed by atoms with Crippen LogP contribution in [0.1, 0.15) is 84.1 Å². The molecular formula is C23H34O. The standard InChI is InChI=1S/C23H34O/c1-4-7-8-9-10-11-16-23(5-2,6-3)21-14-12-20-18-22(24)15-13-19(20)17-21/h12-15,17-18,24H,4-11,16H2,1-3H3. The Hall–Kier alpha value is -1.50. The van der Waals surface area contributed by atoms with Gasteiger partial charge in [0, 0.05) is 0 Å². The normalized spacial score (nSPS) is 12.0. The van der Waals surface area contributed by atoms with E-state index in [1.54, 1.807) is 6.07 Å². The highest BCUT2D eigenvalue weighted by Gasteiger charge is 2.27. The van der Waals surface area contributed by atoms with Gasteiger partial charge in [0.15, 0.2) is 0 Å². The van der Waals surface area contributed by atoms with E-state index in [9.17, 15) is 5.11 Å². The van der Waals surface area contributed by atoms with E-state index >= 15 is 0 Å². The number of fused-ring (bicyclic) bond motifs is 1. The molecule has 0 aromatic heterocycles. The molecule has 0 aliphatic heterocycles. The van der Waals surface area contributed by atoms with Crippen LogP contribution in [0.25, 0.3) is 10.8 Å². The van der Waals surface area contributed by atoms with Crippen LogP contribution in [0.5, 0.6) is 5.75 Å². The van der Waals surface area contributed by atoms with E-state index in [4.69, 9.17) is 0 Å². The molecule has 0 heterocycles. The molecule has 0 saturated carbocycles. The fourth-order valence-electron chi connectivity index (χ4n) is 3.96. The monoisotopic (exact) mass is 326 g/mol. The summed E-state index contributed by atoms with van der Waals surface area (Å²) in [6.45, 7) is 6.95. The largest absolute Gasteiger partial charge is 0.508 e. The van der Waals surface area contributed by atoms with Gasteiger partial charge in [-0.05, 0) is 53.1 Å². The first-order valence-electron chi connectivity index (χ1n) is 9.88. The maximum absolute atomic E-state index is 9.66. The van der Waals surface area contributed by atoms with E-state index in [2.05, 4.69) is 39.0 Å². The molecule has 132 valence electrons. The summed E-state index contributed by atoms with van der Waals surface area (Å²) in [5.41, 5.74) is 1.77. The number of phenols is 1. The van der Waals surface area contributed by atoms with E-state index in [1.165, 1.54) is 68.7 Å². The molecule has 0 aliphatic rings. The topological polar surface area (TPSA) is 20.2 Å². The van der Waals surface area contributed by atoms with E-state index in [1.807, 2.05) is 12.1 Å². The van der Waals surface area contributed by atoms with Gasteiger partial charge in [-0.25, -0.2) is 0 Å². The minimum Gasteiger partial charge on any atom is -0.508 e. The second kappa shape index (κ2) is 9.11. The fraction of sp³-hybridized carbons (Fsp3) is 0.565. The molecule has 2 aromatic carbocycles. The van der Waals surface area contributed by atoms with Gasteiger partial charge in [-0.15, -0.1) is 0 Å². The molecule has 0 spiro atoms. The van der Waals surface area contributed by atoms with Crippen molar-refractivity contribution in [3.63, 3.8) is 0 Å². The van der Waals surface area contributed by atoms with Crippen LogP contribution in [0.2, 0.25) is 0 Å². The Bertz CT molecular complexity index is 625. The van der Waals surface area contributed by atoms with Gasteiger partial charge in [0.2, 0.25) is 0 Å². The second-order valence-corrected chi connectivity index (χ2v) is 7.25. The lowest BCUT2D eigenvalue weighted by Gasteiger charge is -2.33. The van der Waals surface area contributed by atoms with Gasteiger partial charge in [0.05, 0.1) is 0 Å². The van der Waals surface area contributed by atoms with Crippen LogP contribution in [-0.4, -0.2) is 5.11 Å². The number of aromatic hydroxyl groups is 1. The minimum absolute atomic E-state index is 0.302. The molecule has 1 heteroatoms. The van der Waals surface area contributed by atoms with Gasteiger partial charge in [0.1, 0.15) is 5.75 Å². The van der Waals surface area contributed by atoms with Crippen molar-refractivity contribution in [1.29, 1.82) is 0 Å². The summed E-state index contributed by atoms with van der Waals surface area (Å²) in [7, 11) is 0. The number of hydrogen-bond donors (Lipinski definition) is 1. The van der Waals surface area contributed by atoms with Gasteiger partial charge in [0.25, 0.3) is 0 Å². The Labute approximate surface area is 148 Å². The molecule has 0 fully saturated rings. The smallest absolute Gasteiger partial charge is 0.116 e. The SMILES string of the molecule is CCCCCCCCC(CC)(CC)c1ccc2cc(O)ccc2c1. The maximum Gasteiger partial charge on any atom is 0.116 e. The van der Waals surface area contributed by atoms with E-state index in [0.717, 1.165) is 5.39 Å². The maximum atomic E-state index is 9.66. The van der Waals surface area contributed by atoms with Crippen molar-refractivity contribution in [2.24, 2.45) is 0 Å². The first-order valence-corrected chi connectivity index (χ1v) is 9.88. The van der Waals surface area contributed by atoms with Crippen molar-refractivity contribution < 1.29 is 5.11 Å². The molecule has 1 N–H and O–H groups in total. The average Bonchev–Trinajstić information content (AvgIpc) is 2.61. The molecule has 0 amide bonds. The van der Waals surface area contributed by atoms with Crippen molar-refractivity contribution in [2.45, 2.75) is 84.0 Å². The van der Waals surface area contributed by atoms with Crippen molar-refractivity contribution >= 4 is 10.8 Å². The first kappa shape index (κ1) is 18.8. The van der Waals surface area contributed by atoms with Crippen LogP contribution >= 0.6 is 0 Å². The van der Waals surface area contributed by atoms with Crippen LogP contribution in [-0.2, 0) is 5.41 Å². The number of phenolic OH excluding ortho intramolecular Hbond substituents is 1. The Morgan fingerprint density at radius 2 is 1.38 bits per heavy atom. The number of rotatable bonds is 10. The summed E-state index contributed by atoms with van der Waals surface area (Å²) in [6, 6.07) is 12.5. The molecule has 0 atom stereocenters. The molecule has 0 bridgehead atoms. The minimum atomic E-state index is 0.302. The molecule has 24 heavy (non-hydrogen) atoms. The van der Waals surface area contributed by atoms with Crippen molar-refractivity contribution in [3.05, 3.63) is 42.0 Å². The third-order valence-electron chi connectivity index (χ3n) is 5.80. The highest BCUT2D eigenvalue weighted by Crippen LogP contribution is 2.38. The lowest BCUT2D eigenvalue weighted by molar-refractivity contribution is 0.348. The Morgan fingerprint density at radius 3 is 2.08 bits per heavy atom. The highest BCUT2D eigenvalue weighted by atomic mass is 16.3. The summed E-state index contributed by atoms with van der Waals surface area (Å²) in [5, 5.41) is 12.0. The number of benzene rings is 2. The fourth-order valence-corrected chi connectivity index (χ4v) is 3.96. The Morgan fingerprint density at radius 1 is 0.750 bits per heavy atom. The molecule has 0 unspecified atom stereocenters. The second-order valence-electron chi connectivity index (χ2n) is 7.25. The first-order chi connectivity index (χ1) is 11.6. The summed E-state index contributed by atoms with van der Waals surface area (Å²) >= 11 is 0. The van der Waals surface area contributed by atoms with E-state index in [-0.39, 0.29) is 0 Å². The summed E-state index contributed by atoms with van der Waals surface area (Å²) in [4.78, 5) is 0. The Kier molecular flexibility index (Phi) is 7.15. The average molecular weight is 327 g/mol. The van der Waals surface area contributed by atoms with Gasteiger partial charge in [-0.3, -0.25) is 0 Å². The molecular weight excluding hydrogens is 292 g/mol. The molecule has 2 aromatic rings. The molecule has 2 rings (SSSR count). The molecule has 0 saturated heterocycles. The van der Waals surface area contributed by atoms with Crippen molar-refractivity contribution in [2.75, 3.05) is 0 Å². The van der Waals surface area contributed by atoms with Crippen molar-refractivity contribution in [3.8, 4) is 5.75 Å². The number of unbranched alkanes of at least 4 members (excludes halogenated alkanes) is 5. The zero-order valence-corrected chi connectivity index (χ0v) is 15.8. The van der Waals surface area contributed by atoms with E-state index < -0.39 is 0 Å². The number of hydrogen-bond acceptors (Lipinski definition) is 1. The van der Waals surface area contributed by atoms with Gasteiger partial charge < -0.3 is 5.11 Å². The quantitative estimate of drug-likeness (QED) is 0.452. The highest BCUT2D eigenvalue weighted by molar-refractivity contribution is 5.84. The van der Waals surface area contributed by atoms with Gasteiger partial charge in [-0.2, -0.15) is 0 Å². The van der Waals surface area contributed by atoms with Crippen LogP contribution in [0.3, 0.4) is 0 Å². The molecule has 0 aliphatic carbocycles. The van der Waals surface area contributed by atoms with Gasteiger partial charge >= 0.3 is 0 Å². The van der Waals surface area contributed by atoms with Gasteiger partial charge in [-0.1, -0.05) is 83.6 Å². The Balaban J connectivity index is 2.12. The predicted molar refractivity (Wildman–Crippen MR) is 106 cm³/mol. The summed E-state index contributed by atoms with van der Waals surface area (Å²) in [5.74, 6) is 0.347. The van der Waals surface area contributed by atoms with Crippen LogP contribution in [0.4, 0.5) is 0 Å². The van der Waals surface area contributed by atoms with Crippen LogP contribution in [0, 0.1) is 0 Å². The third-order valence-corrected chi connectivity index (χ3v) is 5.80. The van der Waals surface area contributed by atoms with Crippen molar-refractivity contribution in [1.82, 2.24) is 0 Å². The lowest BCUT2D eigenvalue weighted by Crippen LogP contribution is -2.24. The molecule has 1 nitrogen and oxygen atoms in total. The zero-order valence-electron chi connectivity index (χ0n) is 15.8. The lowest BCUT2D eigenvalue weighted by atomic mass is 9.72. The summed E-state index contributed by atoms with van der Waals surface area (Å²) in [6.07, 6.45) is 11.8. The summed E-state index contributed by atoms with van der Waals surface area (Å²) < 4.78 is 0. The predicted octanol–water partition coefficient (Wildman–Crippen LogP) is 7.35. The zero-order chi connectivity index (χ0) is 17.4.